The summed E-state index contributed by atoms with van der Waals surface area (Å²) in [6.07, 6.45) is 1.76. The summed E-state index contributed by atoms with van der Waals surface area (Å²) in [4.78, 5) is 16.6. The molecule has 5 nitrogen and oxygen atoms in total. The van der Waals surface area contributed by atoms with Crippen molar-refractivity contribution < 1.29 is 18.7 Å². The van der Waals surface area contributed by atoms with E-state index in [4.69, 9.17) is 9.47 Å². The largest absolute Gasteiger partial charge is 0.493 e. The molecule has 0 aromatic heterocycles. The number of likely N-dealkylation sites (tertiary alicyclic amines) is 1. The molecule has 0 radical (unpaired) electrons. The number of amides is 1. The Labute approximate surface area is 130 Å². The summed E-state index contributed by atoms with van der Waals surface area (Å²) in [7, 11) is 6.65. The van der Waals surface area contributed by atoms with E-state index in [9.17, 15) is 9.18 Å². The molecule has 0 saturated carbocycles. The van der Waals surface area contributed by atoms with Crippen LogP contribution < -0.4 is 9.47 Å². The normalized spacial score (nSPS) is 16.4. The molecule has 1 aliphatic heterocycles. The number of methoxy groups -OCH3 is 2. The molecule has 0 atom stereocenters. The van der Waals surface area contributed by atoms with E-state index in [0.29, 0.717) is 5.75 Å². The molecule has 0 aliphatic carbocycles. The highest BCUT2D eigenvalue weighted by Gasteiger charge is 2.29. The second-order valence-corrected chi connectivity index (χ2v) is 5.61. The molecule has 1 aliphatic rings. The van der Waals surface area contributed by atoms with Crippen molar-refractivity contribution in [2.45, 2.75) is 18.9 Å². The van der Waals surface area contributed by atoms with Gasteiger partial charge in [-0.3, -0.25) is 4.79 Å². The minimum absolute atomic E-state index is 0.0664. The number of benzene rings is 1. The standard InChI is InChI=1S/C16H23FN2O3/c1-18-9-7-11(8-10-18)19(2)16(20)14-12(17)5-6-13(21-3)15(14)22-4/h5-6,11H,7-10H2,1-4H3. The van der Waals surface area contributed by atoms with Gasteiger partial charge in [0.1, 0.15) is 11.4 Å². The molecular weight excluding hydrogens is 287 g/mol. The first-order valence-electron chi connectivity index (χ1n) is 7.35. The Kier molecular flexibility index (Phi) is 5.24. The van der Waals surface area contributed by atoms with Crippen LogP contribution in [0, 0.1) is 5.82 Å². The van der Waals surface area contributed by atoms with Crippen LogP contribution in [0.15, 0.2) is 12.1 Å². The molecule has 0 unspecified atom stereocenters. The molecule has 22 heavy (non-hydrogen) atoms. The van der Waals surface area contributed by atoms with Gasteiger partial charge in [0.2, 0.25) is 0 Å². The number of hydrogen-bond acceptors (Lipinski definition) is 4. The van der Waals surface area contributed by atoms with E-state index < -0.39 is 5.82 Å². The topological polar surface area (TPSA) is 42.0 Å². The minimum Gasteiger partial charge on any atom is -0.493 e. The second kappa shape index (κ2) is 6.96. The number of ether oxygens (including phenoxy) is 2. The predicted octanol–water partition coefficient (Wildman–Crippen LogP) is 2.01. The Morgan fingerprint density at radius 3 is 2.45 bits per heavy atom. The monoisotopic (exact) mass is 310 g/mol. The summed E-state index contributed by atoms with van der Waals surface area (Å²) in [5, 5.41) is 0. The van der Waals surface area contributed by atoms with Crippen molar-refractivity contribution in [3.63, 3.8) is 0 Å². The van der Waals surface area contributed by atoms with Gasteiger partial charge in [0, 0.05) is 13.1 Å². The number of carbonyl (C=O) groups is 1. The van der Waals surface area contributed by atoms with Gasteiger partial charge in [-0.05, 0) is 45.1 Å². The SMILES string of the molecule is COc1ccc(F)c(C(=O)N(C)C2CCN(C)CC2)c1OC. The highest BCUT2D eigenvalue weighted by molar-refractivity contribution is 5.98. The maximum atomic E-state index is 14.2. The van der Waals surface area contributed by atoms with Crippen molar-refractivity contribution in [1.82, 2.24) is 9.80 Å². The fraction of sp³-hybridized carbons (Fsp3) is 0.562. The van der Waals surface area contributed by atoms with Crippen molar-refractivity contribution in [2.24, 2.45) is 0 Å². The van der Waals surface area contributed by atoms with E-state index in [1.165, 1.54) is 26.4 Å². The molecule has 0 spiro atoms. The summed E-state index contributed by atoms with van der Waals surface area (Å²) < 4.78 is 24.6. The van der Waals surface area contributed by atoms with Crippen LogP contribution in [0.4, 0.5) is 4.39 Å². The Morgan fingerprint density at radius 1 is 1.27 bits per heavy atom. The van der Waals surface area contributed by atoms with Crippen LogP contribution >= 0.6 is 0 Å². The molecule has 1 fully saturated rings. The van der Waals surface area contributed by atoms with Gasteiger partial charge in [0.25, 0.3) is 5.91 Å². The second-order valence-electron chi connectivity index (χ2n) is 5.61. The molecule has 2 rings (SSSR count). The van der Waals surface area contributed by atoms with E-state index >= 15 is 0 Å². The van der Waals surface area contributed by atoms with Gasteiger partial charge in [-0.15, -0.1) is 0 Å². The lowest BCUT2D eigenvalue weighted by atomic mass is 10.0. The van der Waals surface area contributed by atoms with Gasteiger partial charge < -0.3 is 19.3 Å². The first-order valence-corrected chi connectivity index (χ1v) is 7.35. The van der Waals surface area contributed by atoms with Gasteiger partial charge in [0.05, 0.1) is 14.2 Å². The number of piperidine rings is 1. The highest BCUT2D eigenvalue weighted by atomic mass is 19.1. The van der Waals surface area contributed by atoms with Crippen LogP contribution in [0.5, 0.6) is 11.5 Å². The smallest absolute Gasteiger partial charge is 0.260 e. The summed E-state index contributed by atoms with van der Waals surface area (Å²) >= 11 is 0. The van der Waals surface area contributed by atoms with Gasteiger partial charge in [-0.2, -0.15) is 0 Å². The molecule has 0 bridgehead atoms. The lowest BCUT2D eigenvalue weighted by molar-refractivity contribution is 0.0650. The fourth-order valence-corrected chi connectivity index (χ4v) is 2.83. The van der Waals surface area contributed by atoms with Crippen LogP contribution in [0.2, 0.25) is 0 Å². The van der Waals surface area contributed by atoms with Crippen molar-refractivity contribution >= 4 is 5.91 Å². The third kappa shape index (κ3) is 3.16. The van der Waals surface area contributed by atoms with Crippen LogP contribution in [-0.2, 0) is 0 Å². The number of nitrogens with zero attached hydrogens (tertiary/aromatic N) is 2. The molecule has 1 heterocycles. The first-order chi connectivity index (χ1) is 10.5. The van der Waals surface area contributed by atoms with E-state index in [2.05, 4.69) is 11.9 Å². The van der Waals surface area contributed by atoms with E-state index in [1.807, 2.05) is 0 Å². The van der Waals surface area contributed by atoms with Crippen LogP contribution in [0.25, 0.3) is 0 Å². The molecule has 1 aromatic carbocycles. The van der Waals surface area contributed by atoms with Gasteiger partial charge in [0.15, 0.2) is 11.5 Å². The third-order valence-corrected chi connectivity index (χ3v) is 4.26. The molecule has 0 N–H and O–H groups in total. The van der Waals surface area contributed by atoms with E-state index in [-0.39, 0.29) is 23.3 Å². The average Bonchev–Trinajstić information content (AvgIpc) is 2.53. The molecule has 1 aromatic rings. The number of rotatable bonds is 4. The first kappa shape index (κ1) is 16.5. The van der Waals surface area contributed by atoms with E-state index in [0.717, 1.165) is 25.9 Å². The summed E-state index contributed by atoms with van der Waals surface area (Å²) in [6.45, 7) is 1.86. The van der Waals surface area contributed by atoms with Gasteiger partial charge in [-0.25, -0.2) is 4.39 Å². The Bertz CT molecular complexity index is 542. The number of halogens is 1. The lowest BCUT2D eigenvalue weighted by Crippen LogP contribution is -2.44. The van der Waals surface area contributed by atoms with Gasteiger partial charge in [-0.1, -0.05) is 0 Å². The fourth-order valence-electron chi connectivity index (χ4n) is 2.83. The summed E-state index contributed by atoms with van der Waals surface area (Å²) in [5.41, 5.74) is -0.0664. The lowest BCUT2D eigenvalue weighted by Gasteiger charge is -2.35. The van der Waals surface area contributed by atoms with Crippen molar-refractivity contribution in [1.29, 1.82) is 0 Å². The zero-order valence-corrected chi connectivity index (χ0v) is 13.6. The Hall–Kier alpha value is -1.82. The minimum atomic E-state index is -0.595. The summed E-state index contributed by atoms with van der Waals surface area (Å²) in [5.74, 6) is -0.471. The maximum Gasteiger partial charge on any atom is 0.260 e. The molecule has 1 amide bonds. The zero-order valence-electron chi connectivity index (χ0n) is 13.6. The Morgan fingerprint density at radius 2 is 1.91 bits per heavy atom. The van der Waals surface area contributed by atoms with Crippen LogP contribution in [0.1, 0.15) is 23.2 Å². The highest BCUT2D eigenvalue weighted by Crippen LogP contribution is 2.34. The maximum absolute atomic E-state index is 14.2. The number of carbonyl (C=O) groups excluding carboxylic acids is 1. The molecule has 122 valence electrons. The van der Waals surface area contributed by atoms with Crippen molar-refractivity contribution in [2.75, 3.05) is 41.4 Å². The quantitative estimate of drug-likeness (QED) is 0.853. The Balaban J connectivity index is 2.28. The summed E-state index contributed by atoms with van der Waals surface area (Å²) in [6, 6.07) is 2.80. The zero-order chi connectivity index (χ0) is 16.3. The van der Waals surface area contributed by atoms with Crippen molar-refractivity contribution in [3.05, 3.63) is 23.5 Å². The molecule has 1 saturated heterocycles. The average molecular weight is 310 g/mol. The third-order valence-electron chi connectivity index (χ3n) is 4.26. The van der Waals surface area contributed by atoms with E-state index in [1.54, 1.807) is 11.9 Å². The van der Waals surface area contributed by atoms with Crippen LogP contribution in [-0.4, -0.2) is 63.2 Å². The molecular formula is C16H23FN2O3. The predicted molar refractivity (Wildman–Crippen MR) is 82.1 cm³/mol. The number of hydrogen-bond donors (Lipinski definition) is 0. The van der Waals surface area contributed by atoms with Gasteiger partial charge >= 0.3 is 0 Å². The molecule has 6 heteroatoms. The van der Waals surface area contributed by atoms with Crippen LogP contribution in [0.3, 0.4) is 0 Å². The van der Waals surface area contributed by atoms with Crippen molar-refractivity contribution in [3.8, 4) is 11.5 Å².